The first-order chi connectivity index (χ1) is 18.2. The van der Waals surface area contributed by atoms with Crippen LogP contribution in [0.15, 0.2) is 35.7 Å². The average molecular weight is 570 g/mol. The van der Waals surface area contributed by atoms with Gasteiger partial charge in [0.2, 0.25) is 5.78 Å². The van der Waals surface area contributed by atoms with Crippen LogP contribution in [0.1, 0.15) is 48.1 Å². The molecule has 0 atom stereocenters. The summed E-state index contributed by atoms with van der Waals surface area (Å²) in [5.41, 5.74) is -3.35. The number of aryl methyl sites for hydroxylation is 2. The van der Waals surface area contributed by atoms with E-state index in [0.717, 1.165) is 10.6 Å². The van der Waals surface area contributed by atoms with Gasteiger partial charge in [-0.3, -0.25) is 14.2 Å². The molecular weight excluding hydrogens is 542 g/mol. The first-order valence-corrected chi connectivity index (χ1v) is 13.5. The summed E-state index contributed by atoms with van der Waals surface area (Å²) in [5, 5.41) is 7.93. The molecule has 0 unspecified atom stereocenters. The summed E-state index contributed by atoms with van der Waals surface area (Å²) in [6.45, 7) is 5.84. The van der Waals surface area contributed by atoms with Crippen molar-refractivity contribution in [3.8, 4) is 0 Å². The Kier molecular flexibility index (Phi) is 7.56. The molecule has 0 saturated heterocycles. The van der Waals surface area contributed by atoms with E-state index in [1.54, 1.807) is 22.9 Å². The van der Waals surface area contributed by atoms with E-state index < -0.39 is 39.7 Å². The monoisotopic (exact) mass is 569 g/mol. The summed E-state index contributed by atoms with van der Waals surface area (Å²) in [6.07, 6.45) is 3.91. The number of amides is 1. The molecule has 1 aliphatic heterocycles. The molecule has 1 amide bonds. The number of hydrazone groups is 1. The highest BCUT2D eigenvalue weighted by Crippen LogP contribution is 2.31. The molecular formula is C24H27F4N7O3S. The normalized spacial score (nSPS) is 14.7. The van der Waals surface area contributed by atoms with Gasteiger partial charge in [-0.2, -0.15) is 26.7 Å². The van der Waals surface area contributed by atoms with Crippen LogP contribution in [0, 0.1) is 18.7 Å². The minimum absolute atomic E-state index is 0.0101. The summed E-state index contributed by atoms with van der Waals surface area (Å²) in [5.74, 6) is -1.79. The van der Waals surface area contributed by atoms with E-state index in [4.69, 9.17) is 0 Å². The second-order valence-corrected chi connectivity index (χ2v) is 11.1. The van der Waals surface area contributed by atoms with Crippen molar-refractivity contribution in [2.24, 2.45) is 11.0 Å². The van der Waals surface area contributed by atoms with Gasteiger partial charge in [0.15, 0.2) is 0 Å². The zero-order valence-electron chi connectivity index (χ0n) is 21.6. The largest absolute Gasteiger partial charge is 0.516 e. The number of nitrogens with zero attached hydrogens (tertiary/aromatic N) is 6. The Bertz CT molecular complexity index is 1550. The van der Waals surface area contributed by atoms with Crippen molar-refractivity contribution in [1.82, 2.24) is 24.0 Å². The second kappa shape index (κ2) is 10.4. The Morgan fingerprint density at radius 2 is 1.92 bits per heavy atom. The van der Waals surface area contributed by atoms with E-state index in [2.05, 4.69) is 20.4 Å². The fourth-order valence-electron chi connectivity index (χ4n) is 4.17. The van der Waals surface area contributed by atoms with Gasteiger partial charge in [-0.1, -0.05) is 26.8 Å². The van der Waals surface area contributed by atoms with E-state index in [9.17, 15) is 26.4 Å². The SMILES string of the molecule is CCc1nc2ncc(C)cn2c1C(=O)NCc1ccc(N2CCN(S(=O)(=O)C(F)(F)F)C(C(C)C)=N2)c(F)c1. The zero-order valence-corrected chi connectivity index (χ0v) is 22.4. The van der Waals surface area contributed by atoms with Crippen LogP contribution in [0.3, 0.4) is 0 Å². The maximum absolute atomic E-state index is 15.1. The standard InChI is InChI=1S/C24H27F4N7O3S/c1-5-18-20(33-13-15(4)11-30-23(33)31-18)22(36)29-12-16-6-7-19(17(25)10-16)34-8-9-35(21(32-34)14(2)3)39(37,38)24(26,27)28/h6-7,10-11,13-14H,5,8-9,12H2,1-4H3,(H,29,36). The van der Waals surface area contributed by atoms with Crippen LogP contribution in [-0.4, -0.2) is 57.4 Å². The highest BCUT2D eigenvalue weighted by Gasteiger charge is 2.52. The van der Waals surface area contributed by atoms with Gasteiger partial charge in [0, 0.05) is 24.9 Å². The number of hydrogen-bond acceptors (Lipinski definition) is 7. The molecule has 15 heteroatoms. The number of hydrogen-bond donors (Lipinski definition) is 1. The van der Waals surface area contributed by atoms with Gasteiger partial charge in [0.1, 0.15) is 17.3 Å². The zero-order chi connectivity index (χ0) is 28.7. The third-order valence-corrected chi connectivity index (χ3v) is 7.60. The number of halogens is 4. The van der Waals surface area contributed by atoms with Crippen molar-refractivity contribution in [3.63, 3.8) is 0 Å². The lowest BCUT2D eigenvalue weighted by Crippen LogP contribution is -2.52. The molecule has 3 heterocycles. The molecule has 0 spiro atoms. The minimum atomic E-state index is -5.64. The lowest BCUT2D eigenvalue weighted by atomic mass is 10.1. The molecule has 1 aliphatic rings. The Labute approximate surface area is 222 Å². The Balaban J connectivity index is 1.54. The van der Waals surface area contributed by atoms with Crippen molar-refractivity contribution >= 4 is 33.2 Å². The lowest BCUT2D eigenvalue weighted by molar-refractivity contribution is -0.0473. The number of nitrogens with one attached hydrogen (secondary N) is 1. The fourth-order valence-corrected chi connectivity index (χ4v) is 5.23. The van der Waals surface area contributed by atoms with Crippen molar-refractivity contribution in [1.29, 1.82) is 0 Å². The molecule has 0 bridgehead atoms. The molecule has 0 fully saturated rings. The van der Waals surface area contributed by atoms with Gasteiger partial charge in [-0.05, 0) is 36.6 Å². The predicted octanol–water partition coefficient (Wildman–Crippen LogP) is 3.61. The highest BCUT2D eigenvalue weighted by molar-refractivity contribution is 7.90. The number of rotatable bonds is 7. The maximum atomic E-state index is 15.1. The van der Waals surface area contributed by atoms with Crippen molar-refractivity contribution < 1.29 is 30.8 Å². The third kappa shape index (κ3) is 5.40. The van der Waals surface area contributed by atoms with Crippen LogP contribution in [0.4, 0.5) is 23.2 Å². The number of imidazole rings is 1. The second-order valence-electron chi connectivity index (χ2n) is 9.29. The van der Waals surface area contributed by atoms with Crippen LogP contribution < -0.4 is 10.3 Å². The molecule has 0 aliphatic carbocycles. The summed E-state index contributed by atoms with van der Waals surface area (Å²) >= 11 is 0. The van der Waals surface area contributed by atoms with Gasteiger partial charge >= 0.3 is 15.5 Å². The molecule has 2 aromatic heterocycles. The molecule has 0 radical (unpaired) electrons. The average Bonchev–Trinajstić information content (AvgIpc) is 3.24. The van der Waals surface area contributed by atoms with Gasteiger partial charge in [0.05, 0.1) is 24.5 Å². The topological polar surface area (TPSA) is 112 Å². The molecule has 4 rings (SSSR count). The van der Waals surface area contributed by atoms with Crippen LogP contribution >= 0.6 is 0 Å². The predicted molar refractivity (Wildman–Crippen MR) is 136 cm³/mol. The van der Waals surface area contributed by atoms with E-state index >= 15 is 4.39 Å². The number of fused-ring (bicyclic) bond motifs is 1. The summed E-state index contributed by atoms with van der Waals surface area (Å²) in [6, 6.07) is 4.11. The Morgan fingerprint density at radius 3 is 2.54 bits per heavy atom. The van der Waals surface area contributed by atoms with E-state index in [-0.39, 0.29) is 28.9 Å². The minimum Gasteiger partial charge on any atom is -0.347 e. The van der Waals surface area contributed by atoms with Gasteiger partial charge in [-0.25, -0.2) is 18.7 Å². The Hall–Kier alpha value is -3.75. The number of carbonyl (C=O) groups is 1. The van der Waals surface area contributed by atoms with Gasteiger partial charge < -0.3 is 5.32 Å². The number of anilines is 1. The quantitative estimate of drug-likeness (QED) is 0.435. The Morgan fingerprint density at radius 1 is 1.21 bits per heavy atom. The van der Waals surface area contributed by atoms with E-state index in [1.165, 1.54) is 26.0 Å². The smallest absolute Gasteiger partial charge is 0.347 e. The first-order valence-electron chi connectivity index (χ1n) is 12.1. The van der Waals surface area contributed by atoms with E-state index in [1.807, 2.05) is 13.8 Å². The molecule has 10 nitrogen and oxygen atoms in total. The number of aromatic nitrogens is 3. The van der Waals surface area contributed by atoms with Crippen LogP contribution in [0.2, 0.25) is 0 Å². The number of benzene rings is 1. The van der Waals surface area contributed by atoms with Crippen LogP contribution in [0.25, 0.3) is 5.78 Å². The molecule has 0 saturated carbocycles. The summed E-state index contributed by atoms with van der Waals surface area (Å²) in [4.78, 5) is 21.6. The van der Waals surface area contributed by atoms with Crippen LogP contribution in [-0.2, 0) is 23.0 Å². The summed E-state index contributed by atoms with van der Waals surface area (Å²) < 4.78 is 80.4. The lowest BCUT2D eigenvalue weighted by Gasteiger charge is -2.35. The molecule has 1 aromatic carbocycles. The molecule has 210 valence electrons. The fraction of sp³-hybridized carbons (Fsp3) is 0.417. The maximum Gasteiger partial charge on any atom is 0.516 e. The van der Waals surface area contributed by atoms with Gasteiger partial charge in [0.25, 0.3) is 5.91 Å². The number of carbonyl (C=O) groups excluding carboxylic acids is 1. The molecule has 39 heavy (non-hydrogen) atoms. The first kappa shape index (κ1) is 28.3. The van der Waals surface area contributed by atoms with Crippen molar-refractivity contribution in [2.75, 3.05) is 18.1 Å². The third-order valence-electron chi connectivity index (χ3n) is 6.07. The number of sulfonamides is 1. The molecule has 1 N–H and O–H groups in total. The summed E-state index contributed by atoms with van der Waals surface area (Å²) in [7, 11) is -5.64. The highest BCUT2D eigenvalue weighted by atomic mass is 32.2. The van der Waals surface area contributed by atoms with Crippen molar-refractivity contribution in [3.05, 3.63) is 58.9 Å². The van der Waals surface area contributed by atoms with Crippen molar-refractivity contribution in [2.45, 2.75) is 46.2 Å². The van der Waals surface area contributed by atoms with Crippen LogP contribution in [0.5, 0.6) is 0 Å². The number of alkyl halides is 3. The number of amidine groups is 1. The van der Waals surface area contributed by atoms with E-state index in [0.29, 0.717) is 29.1 Å². The molecule has 3 aromatic rings. The van der Waals surface area contributed by atoms with Gasteiger partial charge in [-0.15, -0.1) is 0 Å².